The number of para-hydroxylation sites is 1. The third-order valence-electron chi connectivity index (χ3n) is 7.48. The highest BCUT2D eigenvalue weighted by Crippen LogP contribution is 2.48. The van der Waals surface area contributed by atoms with Gasteiger partial charge in [0.2, 0.25) is 0 Å². The highest BCUT2D eigenvalue weighted by molar-refractivity contribution is 6.18. The van der Waals surface area contributed by atoms with Gasteiger partial charge in [0, 0.05) is 16.2 Å². The van der Waals surface area contributed by atoms with Crippen molar-refractivity contribution in [3.8, 4) is 11.1 Å². The van der Waals surface area contributed by atoms with Gasteiger partial charge in [0.15, 0.2) is 0 Å². The Hall–Kier alpha value is -3.84. The predicted molar refractivity (Wildman–Crippen MR) is 138 cm³/mol. The first-order chi connectivity index (χ1) is 16.1. The first kappa shape index (κ1) is 18.7. The van der Waals surface area contributed by atoms with E-state index >= 15 is 0 Å². The Morgan fingerprint density at radius 1 is 0.606 bits per heavy atom. The fourth-order valence-electron chi connectivity index (χ4n) is 5.81. The van der Waals surface area contributed by atoms with Crippen molar-refractivity contribution >= 4 is 32.7 Å². The molecule has 0 bridgehead atoms. The fraction of sp³-hybridized carbons (Fsp3) is 0.125. The Morgan fingerprint density at radius 3 is 2.30 bits per heavy atom. The van der Waals surface area contributed by atoms with Gasteiger partial charge < -0.3 is 4.42 Å². The van der Waals surface area contributed by atoms with Crippen LogP contribution in [-0.2, 0) is 11.8 Å². The first-order valence-corrected chi connectivity index (χ1v) is 11.7. The topological polar surface area (TPSA) is 13.1 Å². The van der Waals surface area contributed by atoms with E-state index in [9.17, 15) is 0 Å². The summed E-state index contributed by atoms with van der Waals surface area (Å²) < 4.78 is 6.08. The zero-order valence-corrected chi connectivity index (χ0v) is 18.9. The maximum absolute atomic E-state index is 6.08. The van der Waals surface area contributed by atoms with Crippen LogP contribution in [0.25, 0.3) is 43.8 Å². The molecule has 0 unspecified atom stereocenters. The number of rotatable bonds is 2. The van der Waals surface area contributed by atoms with E-state index in [0.29, 0.717) is 0 Å². The second-order valence-corrected chi connectivity index (χ2v) is 9.82. The van der Waals surface area contributed by atoms with Crippen molar-refractivity contribution < 1.29 is 4.42 Å². The summed E-state index contributed by atoms with van der Waals surface area (Å²) in [6, 6.07) is 35.4. The minimum absolute atomic E-state index is 0.0409. The van der Waals surface area contributed by atoms with E-state index in [1.807, 2.05) is 12.1 Å². The highest BCUT2D eigenvalue weighted by atomic mass is 16.3. The minimum atomic E-state index is 0.0409. The van der Waals surface area contributed by atoms with Gasteiger partial charge in [0.25, 0.3) is 0 Å². The largest absolute Gasteiger partial charge is 0.456 e. The Kier molecular flexibility index (Phi) is 3.73. The van der Waals surface area contributed by atoms with Crippen molar-refractivity contribution in [2.24, 2.45) is 0 Å². The van der Waals surface area contributed by atoms with Gasteiger partial charge in [-0.05, 0) is 62.7 Å². The average Bonchev–Trinajstić information content (AvgIpc) is 3.32. The minimum Gasteiger partial charge on any atom is -0.456 e. The lowest BCUT2D eigenvalue weighted by Gasteiger charge is -2.22. The number of benzene rings is 5. The third kappa shape index (κ3) is 2.66. The maximum Gasteiger partial charge on any atom is 0.136 e. The van der Waals surface area contributed by atoms with Crippen molar-refractivity contribution in [3.63, 3.8) is 0 Å². The molecule has 0 saturated carbocycles. The van der Waals surface area contributed by atoms with Gasteiger partial charge in [-0.3, -0.25) is 0 Å². The molecule has 0 amide bonds. The molecule has 0 radical (unpaired) electrons. The van der Waals surface area contributed by atoms with Gasteiger partial charge in [-0.15, -0.1) is 0 Å². The molecule has 1 nitrogen and oxygen atoms in total. The number of fused-ring (bicyclic) bond motifs is 8. The second kappa shape index (κ2) is 6.59. The zero-order valence-electron chi connectivity index (χ0n) is 18.9. The molecule has 1 heterocycles. The van der Waals surface area contributed by atoms with Crippen LogP contribution in [0.15, 0.2) is 101 Å². The summed E-state index contributed by atoms with van der Waals surface area (Å²) in [4.78, 5) is 0. The van der Waals surface area contributed by atoms with E-state index in [0.717, 1.165) is 17.6 Å². The monoisotopic (exact) mass is 424 g/mol. The summed E-state index contributed by atoms with van der Waals surface area (Å²) in [6.07, 6.45) is 0.930. The molecular formula is C32H24O. The molecular weight excluding hydrogens is 400 g/mol. The second-order valence-electron chi connectivity index (χ2n) is 9.82. The molecule has 0 spiro atoms. The van der Waals surface area contributed by atoms with Crippen LogP contribution in [0.4, 0.5) is 0 Å². The van der Waals surface area contributed by atoms with Gasteiger partial charge in [0.05, 0.1) is 0 Å². The molecule has 5 aromatic carbocycles. The lowest BCUT2D eigenvalue weighted by atomic mass is 9.81. The van der Waals surface area contributed by atoms with Crippen molar-refractivity contribution in [1.29, 1.82) is 0 Å². The Labute approximate surface area is 193 Å². The van der Waals surface area contributed by atoms with Crippen LogP contribution >= 0.6 is 0 Å². The fourth-order valence-corrected chi connectivity index (χ4v) is 5.81. The molecule has 6 aromatic rings. The Bertz CT molecular complexity index is 1710. The lowest BCUT2D eigenvalue weighted by molar-refractivity contribution is 0.659. The van der Waals surface area contributed by atoms with Crippen molar-refractivity contribution in [2.45, 2.75) is 25.7 Å². The van der Waals surface area contributed by atoms with Gasteiger partial charge >= 0.3 is 0 Å². The van der Waals surface area contributed by atoms with Crippen LogP contribution in [0, 0.1) is 0 Å². The highest BCUT2D eigenvalue weighted by Gasteiger charge is 2.35. The normalized spacial score (nSPS) is 14.1. The van der Waals surface area contributed by atoms with Crippen LogP contribution < -0.4 is 0 Å². The van der Waals surface area contributed by atoms with Crippen molar-refractivity contribution in [3.05, 3.63) is 119 Å². The smallest absolute Gasteiger partial charge is 0.136 e. The molecule has 7 rings (SSSR count). The van der Waals surface area contributed by atoms with Crippen LogP contribution in [0.3, 0.4) is 0 Å². The third-order valence-corrected chi connectivity index (χ3v) is 7.48. The molecule has 1 heteroatoms. The van der Waals surface area contributed by atoms with E-state index in [-0.39, 0.29) is 5.41 Å². The summed E-state index contributed by atoms with van der Waals surface area (Å²) in [5.41, 5.74) is 10.3. The summed E-state index contributed by atoms with van der Waals surface area (Å²) >= 11 is 0. The number of furan rings is 1. The number of hydrogen-bond donors (Lipinski definition) is 0. The average molecular weight is 425 g/mol. The van der Waals surface area contributed by atoms with Crippen molar-refractivity contribution in [1.82, 2.24) is 0 Å². The Morgan fingerprint density at radius 2 is 1.36 bits per heavy atom. The molecule has 0 saturated heterocycles. The molecule has 158 valence electrons. The quantitative estimate of drug-likeness (QED) is 0.271. The van der Waals surface area contributed by atoms with Gasteiger partial charge in [0.1, 0.15) is 11.2 Å². The first-order valence-electron chi connectivity index (χ1n) is 11.7. The molecule has 0 fully saturated rings. The zero-order chi connectivity index (χ0) is 22.2. The van der Waals surface area contributed by atoms with Crippen LogP contribution in [0.5, 0.6) is 0 Å². The maximum atomic E-state index is 6.08. The molecule has 1 aromatic heterocycles. The van der Waals surface area contributed by atoms with Crippen LogP contribution in [-0.4, -0.2) is 0 Å². The lowest BCUT2D eigenvalue weighted by Crippen LogP contribution is -2.15. The summed E-state index contributed by atoms with van der Waals surface area (Å²) in [5.74, 6) is 0. The molecule has 0 atom stereocenters. The van der Waals surface area contributed by atoms with Crippen LogP contribution in [0.2, 0.25) is 0 Å². The van der Waals surface area contributed by atoms with E-state index < -0.39 is 0 Å². The molecule has 1 aliphatic rings. The molecule has 0 aliphatic heterocycles. The molecule has 33 heavy (non-hydrogen) atoms. The van der Waals surface area contributed by atoms with Crippen molar-refractivity contribution in [2.75, 3.05) is 0 Å². The van der Waals surface area contributed by atoms with E-state index in [1.165, 1.54) is 54.9 Å². The summed E-state index contributed by atoms with van der Waals surface area (Å²) in [6.45, 7) is 4.69. The van der Waals surface area contributed by atoms with Gasteiger partial charge in [-0.2, -0.15) is 0 Å². The SMILES string of the molecule is CC1(C)c2ccccc2-c2ccc(Cc3ccc4c(ccc5oc6ccccc6c54)c3)cc21. The standard InChI is InChI=1S/C32H24O/c1-32(2)27-9-5-3-7-24(27)25-15-12-21(19-28(25)32)17-20-11-14-23-22(18-20)13-16-30-31(23)26-8-4-6-10-29(26)33-30/h3-16,18-19H,17H2,1-2H3. The van der Waals surface area contributed by atoms with E-state index in [4.69, 9.17) is 4.42 Å². The molecule has 1 aliphatic carbocycles. The Balaban J connectivity index is 1.30. The summed E-state index contributed by atoms with van der Waals surface area (Å²) in [5, 5.41) is 4.92. The van der Waals surface area contributed by atoms with E-state index in [2.05, 4.69) is 98.8 Å². The van der Waals surface area contributed by atoms with E-state index in [1.54, 1.807) is 0 Å². The summed E-state index contributed by atoms with van der Waals surface area (Å²) in [7, 11) is 0. The predicted octanol–water partition coefficient (Wildman–Crippen LogP) is 8.64. The number of hydrogen-bond acceptors (Lipinski definition) is 1. The van der Waals surface area contributed by atoms with Gasteiger partial charge in [-0.25, -0.2) is 0 Å². The molecule has 0 N–H and O–H groups in total. The van der Waals surface area contributed by atoms with Crippen LogP contribution in [0.1, 0.15) is 36.1 Å². The van der Waals surface area contributed by atoms with Gasteiger partial charge in [-0.1, -0.05) is 98.8 Å².